The van der Waals surface area contributed by atoms with Crippen LogP contribution in [-0.2, 0) is 5.41 Å². The highest BCUT2D eigenvalue weighted by Crippen LogP contribution is 2.44. The molecule has 0 amide bonds. The van der Waals surface area contributed by atoms with Crippen molar-refractivity contribution >= 4 is 21.9 Å². The van der Waals surface area contributed by atoms with E-state index in [0.29, 0.717) is 5.89 Å². The van der Waals surface area contributed by atoms with Crippen LogP contribution in [0, 0.1) is 0 Å². The number of nitrogens with zero attached hydrogens (tertiary/aromatic N) is 2. The lowest BCUT2D eigenvalue weighted by atomic mass is 9.85. The normalized spacial score (nSPS) is 11.6. The van der Waals surface area contributed by atoms with Crippen molar-refractivity contribution in [2.75, 3.05) is 0 Å². The second-order valence-electron chi connectivity index (χ2n) is 16.2. The Balaban J connectivity index is 1.09. The summed E-state index contributed by atoms with van der Waals surface area (Å²) in [4.78, 5) is 10.1. The van der Waals surface area contributed by atoms with E-state index in [-0.39, 0.29) is 5.41 Å². The van der Waals surface area contributed by atoms with E-state index in [1.165, 1.54) is 33.0 Å². The average Bonchev–Trinajstić information content (AvgIpc) is 3.73. The first kappa shape index (κ1) is 36.0. The molecule has 0 atom stereocenters. The SMILES string of the molecule is CC(C)(C)c1ccc(-c2nc3cc(-c4cccc(-c5ccc6ccccc6c5-c5ccccc5-c5cc(-c6ccccc6)nc(-c6ccccc6)c5)c4)ccc3o2)cc1. The molecular weight excluding hydrogens is 717 g/mol. The molecule has 0 saturated heterocycles. The van der Waals surface area contributed by atoms with Gasteiger partial charge in [0, 0.05) is 16.7 Å². The highest BCUT2D eigenvalue weighted by Gasteiger charge is 2.19. The molecule has 10 aromatic rings. The Morgan fingerprint density at radius 1 is 0.390 bits per heavy atom. The summed E-state index contributed by atoms with van der Waals surface area (Å²) >= 11 is 0. The molecule has 0 N–H and O–H groups in total. The van der Waals surface area contributed by atoms with Gasteiger partial charge in [-0.1, -0.05) is 178 Å². The van der Waals surface area contributed by atoms with Gasteiger partial charge in [-0.2, -0.15) is 0 Å². The summed E-state index contributed by atoms with van der Waals surface area (Å²) in [5, 5.41) is 2.40. The van der Waals surface area contributed by atoms with Gasteiger partial charge >= 0.3 is 0 Å². The highest BCUT2D eigenvalue weighted by molar-refractivity contribution is 6.07. The minimum atomic E-state index is 0.0824. The van der Waals surface area contributed by atoms with Gasteiger partial charge in [-0.05, 0) is 109 Å². The number of rotatable bonds is 7. The summed E-state index contributed by atoms with van der Waals surface area (Å²) < 4.78 is 6.27. The van der Waals surface area contributed by atoms with Gasteiger partial charge in [0.1, 0.15) is 5.52 Å². The molecule has 59 heavy (non-hydrogen) atoms. The van der Waals surface area contributed by atoms with E-state index in [9.17, 15) is 0 Å². The quantitative estimate of drug-likeness (QED) is 0.162. The van der Waals surface area contributed by atoms with Crippen LogP contribution >= 0.6 is 0 Å². The number of pyridine rings is 1. The smallest absolute Gasteiger partial charge is 0.227 e. The zero-order valence-corrected chi connectivity index (χ0v) is 33.4. The molecule has 2 aromatic heterocycles. The molecule has 0 aliphatic heterocycles. The van der Waals surface area contributed by atoms with E-state index < -0.39 is 0 Å². The van der Waals surface area contributed by atoms with Crippen molar-refractivity contribution < 1.29 is 4.42 Å². The molecule has 8 aromatic carbocycles. The molecule has 3 nitrogen and oxygen atoms in total. The first-order chi connectivity index (χ1) is 28.9. The summed E-state index contributed by atoms with van der Waals surface area (Å²) in [5.74, 6) is 0.631. The molecular formula is C56H42N2O. The molecule has 10 rings (SSSR count). The predicted octanol–water partition coefficient (Wildman–Crippen LogP) is 15.3. The Kier molecular flexibility index (Phi) is 9.07. The van der Waals surface area contributed by atoms with Gasteiger partial charge < -0.3 is 4.42 Å². The second kappa shape index (κ2) is 14.9. The van der Waals surface area contributed by atoms with Crippen LogP contribution in [0.15, 0.2) is 205 Å². The molecule has 0 bridgehead atoms. The van der Waals surface area contributed by atoms with E-state index in [2.05, 4.69) is 203 Å². The number of hydrogen-bond acceptors (Lipinski definition) is 3. The van der Waals surface area contributed by atoms with Gasteiger partial charge in [0.05, 0.1) is 11.4 Å². The van der Waals surface area contributed by atoms with Crippen LogP contribution in [0.25, 0.3) is 100 Å². The summed E-state index contributed by atoms with van der Waals surface area (Å²) in [6.07, 6.45) is 0. The molecule has 0 radical (unpaired) electrons. The van der Waals surface area contributed by atoms with Crippen LogP contribution in [0.1, 0.15) is 26.3 Å². The summed E-state index contributed by atoms with van der Waals surface area (Å²) in [7, 11) is 0. The first-order valence-corrected chi connectivity index (χ1v) is 20.2. The third kappa shape index (κ3) is 7.02. The standard InChI is InChI=1S/C56H42N2O/c1-56(2,3)45-29-25-40(26-30-45)55-58-52-34-42(28-32-53(52)59-55)41-20-14-21-43(33-41)48-31-27-37-15-10-11-23-47(37)54(48)49-24-13-12-22-46(49)44-35-50(38-16-6-4-7-17-38)57-51(36-44)39-18-8-5-9-19-39/h4-36H,1-3H3. The fraction of sp³-hybridized carbons (Fsp3) is 0.0714. The number of aromatic nitrogens is 2. The molecule has 0 fully saturated rings. The molecule has 282 valence electrons. The fourth-order valence-corrected chi connectivity index (χ4v) is 8.16. The zero-order chi connectivity index (χ0) is 39.9. The third-order valence-corrected chi connectivity index (χ3v) is 11.3. The maximum atomic E-state index is 6.27. The van der Waals surface area contributed by atoms with Crippen molar-refractivity contribution in [3.05, 3.63) is 206 Å². The molecule has 0 unspecified atom stereocenters. The Morgan fingerprint density at radius 2 is 0.983 bits per heavy atom. The average molecular weight is 759 g/mol. The van der Waals surface area contributed by atoms with Crippen LogP contribution in [-0.4, -0.2) is 9.97 Å². The van der Waals surface area contributed by atoms with Crippen molar-refractivity contribution in [2.45, 2.75) is 26.2 Å². The van der Waals surface area contributed by atoms with Crippen molar-refractivity contribution in [3.63, 3.8) is 0 Å². The predicted molar refractivity (Wildman–Crippen MR) is 246 cm³/mol. The summed E-state index contributed by atoms with van der Waals surface area (Å²) in [5.41, 5.74) is 17.1. The largest absolute Gasteiger partial charge is 0.436 e. The van der Waals surface area contributed by atoms with E-state index >= 15 is 0 Å². The lowest BCUT2D eigenvalue weighted by molar-refractivity contribution is 0.589. The lowest BCUT2D eigenvalue weighted by Gasteiger charge is -2.19. The second-order valence-corrected chi connectivity index (χ2v) is 16.2. The number of oxazole rings is 1. The minimum absolute atomic E-state index is 0.0824. The third-order valence-electron chi connectivity index (χ3n) is 11.3. The summed E-state index contributed by atoms with van der Waals surface area (Å²) in [6, 6.07) is 71.2. The molecule has 0 aliphatic rings. The van der Waals surface area contributed by atoms with Crippen LogP contribution in [0.2, 0.25) is 0 Å². The zero-order valence-electron chi connectivity index (χ0n) is 33.4. The van der Waals surface area contributed by atoms with Gasteiger partial charge in [-0.15, -0.1) is 0 Å². The van der Waals surface area contributed by atoms with Crippen molar-refractivity contribution in [2.24, 2.45) is 0 Å². The molecule has 0 aliphatic carbocycles. The van der Waals surface area contributed by atoms with Gasteiger partial charge in [-0.25, -0.2) is 9.97 Å². The van der Waals surface area contributed by atoms with Crippen molar-refractivity contribution in [1.82, 2.24) is 9.97 Å². The van der Waals surface area contributed by atoms with Gasteiger partial charge in [0.25, 0.3) is 0 Å². The van der Waals surface area contributed by atoms with Crippen LogP contribution in [0.3, 0.4) is 0 Å². The Hall–Kier alpha value is -7.36. The van der Waals surface area contributed by atoms with Crippen molar-refractivity contribution in [3.8, 4) is 78.5 Å². The molecule has 0 saturated carbocycles. The molecule has 2 heterocycles. The molecule has 0 spiro atoms. The highest BCUT2D eigenvalue weighted by atomic mass is 16.3. The van der Waals surface area contributed by atoms with E-state index in [1.54, 1.807) is 0 Å². The van der Waals surface area contributed by atoms with Crippen LogP contribution < -0.4 is 0 Å². The topological polar surface area (TPSA) is 38.9 Å². The summed E-state index contributed by atoms with van der Waals surface area (Å²) in [6.45, 7) is 6.68. The van der Waals surface area contributed by atoms with Crippen LogP contribution in [0.5, 0.6) is 0 Å². The van der Waals surface area contributed by atoms with Gasteiger partial charge in [0.15, 0.2) is 5.58 Å². The van der Waals surface area contributed by atoms with Gasteiger partial charge in [0.2, 0.25) is 5.89 Å². The fourth-order valence-electron chi connectivity index (χ4n) is 8.16. The Labute approximate surface area is 345 Å². The van der Waals surface area contributed by atoms with E-state index in [4.69, 9.17) is 14.4 Å². The minimum Gasteiger partial charge on any atom is -0.436 e. The van der Waals surface area contributed by atoms with Crippen LogP contribution in [0.4, 0.5) is 0 Å². The maximum Gasteiger partial charge on any atom is 0.227 e. The first-order valence-electron chi connectivity index (χ1n) is 20.2. The number of hydrogen-bond donors (Lipinski definition) is 0. The molecule has 3 heteroatoms. The van der Waals surface area contributed by atoms with Crippen molar-refractivity contribution in [1.29, 1.82) is 0 Å². The number of fused-ring (bicyclic) bond motifs is 2. The number of benzene rings is 8. The monoisotopic (exact) mass is 758 g/mol. The maximum absolute atomic E-state index is 6.27. The van der Waals surface area contributed by atoms with Gasteiger partial charge in [-0.3, -0.25) is 0 Å². The lowest BCUT2D eigenvalue weighted by Crippen LogP contribution is -2.10. The Bertz CT molecular complexity index is 3060. The Morgan fingerprint density at radius 3 is 1.69 bits per heavy atom. The van der Waals surface area contributed by atoms with E-state index in [0.717, 1.165) is 67.0 Å². The van der Waals surface area contributed by atoms with E-state index in [1.807, 2.05) is 18.2 Å².